The van der Waals surface area contributed by atoms with E-state index in [0.717, 1.165) is 11.1 Å². The van der Waals surface area contributed by atoms with Crippen LogP contribution in [0.15, 0.2) is 78.9 Å². The predicted molar refractivity (Wildman–Crippen MR) is 149 cm³/mol. The molecule has 1 saturated heterocycles. The highest BCUT2D eigenvalue weighted by atomic mass is 19.1. The van der Waals surface area contributed by atoms with Gasteiger partial charge in [-0.05, 0) is 60.1 Å². The van der Waals surface area contributed by atoms with Crippen LogP contribution in [0.1, 0.15) is 55.1 Å². The monoisotopic (exact) mass is 503 g/mol. The summed E-state index contributed by atoms with van der Waals surface area (Å²) in [6.45, 7) is 12.6. The Morgan fingerprint density at radius 3 is 2.59 bits per heavy atom. The van der Waals surface area contributed by atoms with Crippen molar-refractivity contribution in [3.8, 4) is 0 Å². The van der Waals surface area contributed by atoms with E-state index in [1.807, 2.05) is 30.3 Å². The second-order valence-electron chi connectivity index (χ2n) is 10.5. The van der Waals surface area contributed by atoms with Crippen molar-refractivity contribution >= 4 is 17.5 Å². The summed E-state index contributed by atoms with van der Waals surface area (Å²) < 4.78 is 14.8. The van der Waals surface area contributed by atoms with Crippen LogP contribution in [0.4, 0.5) is 10.1 Å². The first kappa shape index (κ1) is 28.1. The molecule has 2 amide bonds. The molecule has 196 valence electrons. The van der Waals surface area contributed by atoms with Crippen molar-refractivity contribution in [2.75, 3.05) is 18.4 Å². The van der Waals surface area contributed by atoms with Crippen LogP contribution in [0.3, 0.4) is 0 Å². The first-order chi connectivity index (χ1) is 17.6. The van der Waals surface area contributed by atoms with Crippen LogP contribution in [0.5, 0.6) is 0 Å². The average molecular weight is 504 g/mol. The maximum atomic E-state index is 14.8. The fourth-order valence-corrected chi connectivity index (χ4v) is 4.85. The summed E-state index contributed by atoms with van der Waals surface area (Å²) in [5.41, 5.74) is 8.79. The van der Waals surface area contributed by atoms with Gasteiger partial charge in [0.15, 0.2) is 0 Å². The number of piperidine rings is 1. The Balaban J connectivity index is 2.03. The zero-order valence-corrected chi connectivity index (χ0v) is 22.3. The number of halogens is 1. The smallest absolute Gasteiger partial charge is 0.257 e. The highest BCUT2D eigenvalue weighted by Gasteiger charge is 2.41. The fourth-order valence-electron chi connectivity index (χ4n) is 4.85. The number of benzene rings is 2. The molecule has 0 unspecified atom stereocenters. The predicted octanol–water partition coefficient (Wildman–Crippen LogP) is 5.92. The van der Waals surface area contributed by atoms with Crippen molar-refractivity contribution in [3.05, 3.63) is 101 Å². The van der Waals surface area contributed by atoms with Gasteiger partial charge in [-0.15, -0.1) is 0 Å². The van der Waals surface area contributed by atoms with E-state index >= 15 is 0 Å². The Bertz CT molecular complexity index is 1190. The SMILES string of the molecule is C=C/C=C(\C=C/CN)[C@H]1[C@@H](C(=O)Nc2cccc(C(C)(C)C)c2)CCCN1C(=O)c1c(C)cccc1F. The van der Waals surface area contributed by atoms with Gasteiger partial charge in [0.2, 0.25) is 5.91 Å². The number of anilines is 1. The Hall–Kier alpha value is -3.51. The summed E-state index contributed by atoms with van der Waals surface area (Å²) in [6, 6.07) is 11.8. The second kappa shape index (κ2) is 12.2. The lowest BCUT2D eigenvalue weighted by atomic mass is 9.82. The number of amides is 2. The van der Waals surface area contributed by atoms with Crippen molar-refractivity contribution < 1.29 is 14.0 Å². The van der Waals surface area contributed by atoms with Crippen molar-refractivity contribution in [1.29, 1.82) is 0 Å². The summed E-state index contributed by atoms with van der Waals surface area (Å²) in [4.78, 5) is 29.1. The molecule has 0 aromatic heterocycles. The van der Waals surface area contributed by atoms with E-state index in [1.165, 1.54) is 6.07 Å². The van der Waals surface area contributed by atoms with Crippen LogP contribution >= 0.6 is 0 Å². The number of hydrogen-bond acceptors (Lipinski definition) is 3. The first-order valence-electron chi connectivity index (χ1n) is 12.7. The number of nitrogens with two attached hydrogens (primary N) is 1. The van der Waals surface area contributed by atoms with E-state index in [0.29, 0.717) is 37.2 Å². The average Bonchev–Trinajstić information content (AvgIpc) is 2.85. The lowest BCUT2D eigenvalue weighted by molar-refractivity contribution is -0.122. The normalized spacial score (nSPS) is 18.6. The van der Waals surface area contributed by atoms with E-state index in [2.05, 4.69) is 32.7 Å². The number of rotatable bonds is 7. The molecule has 37 heavy (non-hydrogen) atoms. The van der Waals surface area contributed by atoms with Crippen LogP contribution in [0.25, 0.3) is 0 Å². The zero-order valence-electron chi connectivity index (χ0n) is 22.3. The molecule has 1 heterocycles. The maximum absolute atomic E-state index is 14.8. The topological polar surface area (TPSA) is 75.4 Å². The van der Waals surface area contributed by atoms with Crippen molar-refractivity contribution in [3.63, 3.8) is 0 Å². The van der Waals surface area contributed by atoms with Crippen LogP contribution in [0.2, 0.25) is 0 Å². The largest absolute Gasteiger partial charge is 0.331 e. The number of allylic oxidation sites excluding steroid dienone is 2. The third kappa shape index (κ3) is 6.63. The lowest BCUT2D eigenvalue weighted by Crippen LogP contribution is -2.52. The van der Waals surface area contributed by atoms with E-state index in [9.17, 15) is 14.0 Å². The van der Waals surface area contributed by atoms with E-state index in [-0.39, 0.29) is 16.9 Å². The molecule has 0 radical (unpaired) electrons. The van der Waals surface area contributed by atoms with E-state index in [1.54, 1.807) is 42.2 Å². The Kier molecular flexibility index (Phi) is 9.22. The Morgan fingerprint density at radius 2 is 1.95 bits per heavy atom. The second-order valence-corrected chi connectivity index (χ2v) is 10.5. The van der Waals surface area contributed by atoms with Gasteiger partial charge in [0.05, 0.1) is 17.5 Å². The minimum atomic E-state index is -0.605. The number of nitrogens with zero attached hydrogens (tertiary/aromatic N) is 1. The molecule has 2 atom stereocenters. The highest BCUT2D eigenvalue weighted by molar-refractivity contribution is 5.98. The van der Waals surface area contributed by atoms with E-state index < -0.39 is 23.7 Å². The molecule has 2 aromatic carbocycles. The number of hydrogen-bond donors (Lipinski definition) is 2. The van der Waals surface area contributed by atoms with Gasteiger partial charge in [0.1, 0.15) is 5.82 Å². The highest BCUT2D eigenvalue weighted by Crippen LogP contribution is 2.33. The summed E-state index contributed by atoms with van der Waals surface area (Å²) in [7, 11) is 0. The standard InChI is InChI=1S/C31H38FN3O2/c1-6-11-22(13-9-18-33)28-25(29(36)34-24-15-8-14-23(20-24)31(3,4)5)16-10-19-35(28)30(37)27-21(2)12-7-17-26(27)32/h6-9,11-15,17,20,25,28H,1,10,16,18-19,33H2,2-5H3,(H,34,36)/b13-9-,22-11+/t25-,28-/m0/s1. The maximum Gasteiger partial charge on any atom is 0.257 e. The van der Waals surface area contributed by atoms with Gasteiger partial charge in [0, 0.05) is 18.8 Å². The molecule has 0 bridgehead atoms. The molecule has 0 spiro atoms. The molecule has 0 saturated carbocycles. The molecule has 3 rings (SSSR count). The van der Waals surface area contributed by atoms with Gasteiger partial charge in [-0.25, -0.2) is 4.39 Å². The molecule has 0 aliphatic carbocycles. The lowest BCUT2D eigenvalue weighted by Gasteiger charge is -2.41. The number of nitrogens with one attached hydrogen (secondary N) is 1. The summed E-state index contributed by atoms with van der Waals surface area (Å²) >= 11 is 0. The minimum absolute atomic E-state index is 0.0344. The van der Waals surface area contributed by atoms with Gasteiger partial charge < -0.3 is 16.0 Å². The van der Waals surface area contributed by atoms with Crippen LogP contribution in [0, 0.1) is 18.7 Å². The molecule has 2 aromatic rings. The molecule has 3 N–H and O–H groups in total. The third-order valence-corrected chi connectivity index (χ3v) is 6.76. The van der Waals surface area contributed by atoms with Crippen molar-refractivity contribution in [1.82, 2.24) is 4.90 Å². The van der Waals surface area contributed by atoms with Crippen molar-refractivity contribution in [2.24, 2.45) is 11.7 Å². The molecule has 1 fully saturated rings. The Morgan fingerprint density at radius 1 is 1.22 bits per heavy atom. The van der Waals surface area contributed by atoms with Gasteiger partial charge in [0.25, 0.3) is 5.91 Å². The molecular weight excluding hydrogens is 465 g/mol. The summed E-state index contributed by atoms with van der Waals surface area (Å²) in [5, 5.41) is 3.08. The first-order valence-corrected chi connectivity index (χ1v) is 12.7. The molecule has 5 nitrogen and oxygen atoms in total. The van der Waals surface area contributed by atoms with Gasteiger partial charge >= 0.3 is 0 Å². The number of aryl methyl sites for hydroxylation is 1. The fraction of sp³-hybridized carbons (Fsp3) is 0.355. The van der Waals surface area contributed by atoms with Gasteiger partial charge in [-0.2, -0.15) is 0 Å². The number of carbonyl (C=O) groups excluding carboxylic acids is 2. The quantitative estimate of drug-likeness (QED) is 0.461. The van der Waals surface area contributed by atoms with Gasteiger partial charge in [-0.1, -0.05) is 75.9 Å². The molecule has 6 heteroatoms. The van der Waals surface area contributed by atoms with E-state index in [4.69, 9.17) is 5.73 Å². The Labute approximate surface area is 219 Å². The summed E-state index contributed by atoms with van der Waals surface area (Å²) in [6.07, 6.45) is 8.23. The number of likely N-dealkylation sites (tertiary alicyclic amines) is 1. The summed E-state index contributed by atoms with van der Waals surface area (Å²) in [5.74, 6) is -1.73. The van der Waals surface area contributed by atoms with Crippen molar-refractivity contribution in [2.45, 2.75) is 52.0 Å². The molecule has 1 aliphatic heterocycles. The van der Waals surface area contributed by atoms with Crippen LogP contribution in [-0.4, -0.2) is 35.8 Å². The number of carbonyl (C=O) groups is 2. The van der Waals surface area contributed by atoms with Crippen LogP contribution < -0.4 is 11.1 Å². The van der Waals surface area contributed by atoms with Crippen LogP contribution in [-0.2, 0) is 10.2 Å². The third-order valence-electron chi connectivity index (χ3n) is 6.76. The van der Waals surface area contributed by atoms with Gasteiger partial charge in [-0.3, -0.25) is 9.59 Å². The molecular formula is C31H38FN3O2. The zero-order chi connectivity index (χ0) is 27.2. The molecule has 1 aliphatic rings. The minimum Gasteiger partial charge on any atom is -0.331 e.